The van der Waals surface area contributed by atoms with Crippen LogP contribution >= 0.6 is 0 Å². The molecule has 32 heavy (non-hydrogen) atoms. The highest BCUT2D eigenvalue weighted by atomic mass is 32.2. The molecule has 176 valence electrons. The Labute approximate surface area is 173 Å². The van der Waals surface area contributed by atoms with Gasteiger partial charge in [0.05, 0.1) is 5.56 Å². The van der Waals surface area contributed by atoms with E-state index < -0.39 is 56.6 Å². The summed E-state index contributed by atoms with van der Waals surface area (Å²) in [6.07, 6.45) is -10.0. The van der Waals surface area contributed by atoms with Gasteiger partial charge in [-0.05, 0) is 42.5 Å². The molecule has 2 aromatic rings. The van der Waals surface area contributed by atoms with E-state index in [1.54, 1.807) is 0 Å². The van der Waals surface area contributed by atoms with Crippen LogP contribution < -0.4 is 14.8 Å². The van der Waals surface area contributed by atoms with Crippen molar-refractivity contribution in [1.82, 2.24) is 0 Å². The van der Waals surface area contributed by atoms with Crippen molar-refractivity contribution in [2.75, 3.05) is 10.6 Å². The number of anilines is 2. The first-order valence-corrected chi connectivity index (χ1v) is 9.28. The predicted octanol–water partition coefficient (Wildman–Crippen LogP) is 5.60. The Hall–Kier alpha value is -3.17. The van der Waals surface area contributed by atoms with E-state index in [2.05, 4.69) is 4.18 Å². The van der Waals surface area contributed by atoms with Crippen LogP contribution in [0, 0.1) is 0 Å². The van der Waals surface area contributed by atoms with Crippen LogP contribution in [0.2, 0.25) is 0 Å². The van der Waals surface area contributed by atoms with E-state index in [1.165, 1.54) is 0 Å². The molecule has 0 unspecified atom stereocenters. The standard InChI is InChI=1S/C16H9F9N2O4S/c17-14(18,19)8-1-3-9(4-2-8)26-13(28)27-10-5-6-12(11(7-10)15(20,21)22)31-32(29,30)16(23,24)25/h1-7H,(H2,26,27,28). The average Bonchev–Trinajstić information content (AvgIpc) is 2.60. The van der Waals surface area contributed by atoms with E-state index in [0.29, 0.717) is 18.2 Å². The van der Waals surface area contributed by atoms with Gasteiger partial charge in [-0.2, -0.15) is 47.9 Å². The number of amides is 2. The van der Waals surface area contributed by atoms with E-state index in [-0.39, 0.29) is 17.8 Å². The second-order valence-electron chi connectivity index (χ2n) is 5.85. The van der Waals surface area contributed by atoms with E-state index >= 15 is 0 Å². The fraction of sp³-hybridized carbons (Fsp3) is 0.188. The highest BCUT2D eigenvalue weighted by Gasteiger charge is 2.49. The molecule has 0 bridgehead atoms. The van der Waals surface area contributed by atoms with Gasteiger partial charge in [0.25, 0.3) is 0 Å². The lowest BCUT2D eigenvalue weighted by Crippen LogP contribution is -2.29. The van der Waals surface area contributed by atoms with Gasteiger partial charge in [-0.15, -0.1) is 0 Å². The molecule has 2 N–H and O–H groups in total. The molecule has 0 heterocycles. The molecule has 6 nitrogen and oxygen atoms in total. The molecular weight excluding hydrogens is 487 g/mol. The second kappa shape index (κ2) is 8.40. The summed E-state index contributed by atoms with van der Waals surface area (Å²) in [7, 11) is -6.40. The predicted molar refractivity (Wildman–Crippen MR) is 91.1 cm³/mol. The maximum atomic E-state index is 13.1. The lowest BCUT2D eigenvalue weighted by atomic mass is 10.1. The van der Waals surface area contributed by atoms with Crippen molar-refractivity contribution in [2.45, 2.75) is 17.9 Å². The minimum Gasteiger partial charge on any atom is -0.375 e. The van der Waals surface area contributed by atoms with Crippen LogP contribution in [0.3, 0.4) is 0 Å². The van der Waals surface area contributed by atoms with Gasteiger partial charge in [-0.3, -0.25) is 0 Å². The number of carbonyl (C=O) groups excluding carboxylic acids is 1. The molecule has 16 heteroatoms. The lowest BCUT2D eigenvalue weighted by Gasteiger charge is -2.16. The molecule has 0 aliphatic heterocycles. The quantitative estimate of drug-likeness (QED) is 0.328. The summed E-state index contributed by atoms with van der Waals surface area (Å²) in [6.45, 7) is 0. The zero-order valence-electron chi connectivity index (χ0n) is 15.0. The minimum atomic E-state index is -6.40. The van der Waals surface area contributed by atoms with Crippen molar-refractivity contribution in [3.05, 3.63) is 53.6 Å². The van der Waals surface area contributed by atoms with Crippen LogP contribution in [0.5, 0.6) is 5.75 Å². The van der Waals surface area contributed by atoms with E-state index in [4.69, 9.17) is 0 Å². The largest absolute Gasteiger partial charge is 0.534 e. The summed E-state index contributed by atoms with van der Waals surface area (Å²) < 4.78 is 140. The van der Waals surface area contributed by atoms with Gasteiger partial charge in [0.15, 0.2) is 5.75 Å². The molecule has 0 atom stereocenters. The first-order chi connectivity index (χ1) is 14.4. The van der Waals surface area contributed by atoms with Crippen LogP contribution in [0.15, 0.2) is 42.5 Å². The fourth-order valence-corrected chi connectivity index (χ4v) is 2.58. The Morgan fingerprint density at radius 2 is 1.25 bits per heavy atom. The van der Waals surface area contributed by atoms with Gasteiger partial charge in [0.1, 0.15) is 5.56 Å². The highest BCUT2D eigenvalue weighted by Crippen LogP contribution is 2.40. The number of hydrogen-bond acceptors (Lipinski definition) is 4. The van der Waals surface area contributed by atoms with Gasteiger partial charge in [0.2, 0.25) is 0 Å². The Morgan fingerprint density at radius 3 is 1.72 bits per heavy atom. The Bertz CT molecular complexity index is 1090. The summed E-state index contributed by atoms with van der Waals surface area (Å²) in [5.74, 6) is -1.69. The summed E-state index contributed by atoms with van der Waals surface area (Å²) in [5, 5.41) is 3.89. The first-order valence-electron chi connectivity index (χ1n) is 7.87. The molecule has 0 aliphatic rings. The molecule has 0 saturated heterocycles. The third-order valence-corrected chi connectivity index (χ3v) is 4.46. The number of benzene rings is 2. The highest BCUT2D eigenvalue weighted by molar-refractivity contribution is 7.88. The van der Waals surface area contributed by atoms with E-state index in [1.807, 2.05) is 10.6 Å². The lowest BCUT2D eigenvalue weighted by molar-refractivity contribution is -0.139. The molecule has 0 saturated carbocycles. The van der Waals surface area contributed by atoms with E-state index in [0.717, 1.165) is 12.1 Å². The summed E-state index contributed by atoms with van der Waals surface area (Å²) in [4.78, 5) is 11.9. The van der Waals surface area contributed by atoms with Crippen molar-refractivity contribution in [3.63, 3.8) is 0 Å². The monoisotopic (exact) mass is 496 g/mol. The average molecular weight is 496 g/mol. The maximum Gasteiger partial charge on any atom is 0.534 e. The third kappa shape index (κ3) is 6.18. The van der Waals surface area contributed by atoms with Gasteiger partial charge in [-0.25, -0.2) is 4.79 Å². The van der Waals surface area contributed by atoms with E-state index in [9.17, 15) is 52.7 Å². The molecule has 2 aromatic carbocycles. The summed E-state index contributed by atoms with van der Waals surface area (Å²) in [5.41, 5.74) is -9.77. The number of alkyl halides is 9. The minimum absolute atomic E-state index is 0.105. The molecule has 0 aromatic heterocycles. The normalized spacial score (nSPS) is 12.9. The van der Waals surface area contributed by atoms with Gasteiger partial charge < -0.3 is 14.8 Å². The first kappa shape index (κ1) is 25.1. The zero-order chi connectivity index (χ0) is 24.5. The van der Waals surface area contributed by atoms with Gasteiger partial charge >= 0.3 is 34.0 Å². The summed E-state index contributed by atoms with van der Waals surface area (Å²) in [6, 6.07) is 2.73. The summed E-state index contributed by atoms with van der Waals surface area (Å²) >= 11 is 0. The van der Waals surface area contributed by atoms with Crippen LogP contribution in [-0.2, 0) is 22.5 Å². The van der Waals surface area contributed by atoms with Gasteiger partial charge in [-0.1, -0.05) is 0 Å². The Kier molecular flexibility index (Phi) is 6.59. The van der Waals surface area contributed by atoms with Crippen LogP contribution in [0.4, 0.5) is 55.7 Å². The molecule has 2 amide bonds. The smallest absolute Gasteiger partial charge is 0.375 e. The van der Waals surface area contributed by atoms with Crippen molar-refractivity contribution >= 4 is 27.5 Å². The molecular formula is C16H9F9N2O4S. The van der Waals surface area contributed by atoms with Crippen LogP contribution in [0.25, 0.3) is 0 Å². The second-order valence-corrected chi connectivity index (χ2v) is 7.38. The van der Waals surface area contributed by atoms with Crippen LogP contribution in [0.1, 0.15) is 11.1 Å². The number of hydrogen-bond donors (Lipinski definition) is 2. The maximum absolute atomic E-state index is 13.1. The van der Waals surface area contributed by atoms with Crippen molar-refractivity contribution in [3.8, 4) is 5.75 Å². The third-order valence-electron chi connectivity index (χ3n) is 3.50. The Morgan fingerprint density at radius 1 is 0.750 bits per heavy atom. The number of halogens is 9. The fourth-order valence-electron chi connectivity index (χ4n) is 2.10. The number of nitrogens with one attached hydrogen (secondary N) is 2. The molecule has 2 rings (SSSR count). The van der Waals surface area contributed by atoms with Crippen molar-refractivity contribution in [1.29, 1.82) is 0 Å². The number of carbonyl (C=O) groups is 1. The van der Waals surface area contributed by atoms with Gasteiger partial charge in [0, 0.05) is 11.4 Å². The topological polar surface area (TPSA) is 84.5 Å². The molecule has 0 fully saturated rings. The number of urea groups is 1. The number of rotatable bonds is 4. The van der Waals surface area contributed by atoms with Crippen molar-refractivity contribution in [2.24, 2.45) is 0 Å². The Balaban J connectivity index is 2.23. The SMILES string of the molecule is O=C(Nc1ccc(C(F)(F)F)cc1)Nc1ccc(OS(=O)(=O)C(F)(F)F)c(C(F)(F)F)c1. The van der Waals surface area contributed by atoms with Crippen LogP contribution in [-0.4, -0.2) is 20.0 Å². The molecule has 0 spiro atoms. The molecule has 0 aliphatic carbocycles. The molecule has 0 radical (unpaired) electrons. The zero-order valence-corrected chi connectivity index (χ0v) is 15.8. The van der Waals surface area contributed by atoms with Crippen molar-refractivity contribution < 1.29 is 56.9 Å².